The number of nitrogens with one attached hydrogen (secondary N) is 1. The maximum absolute atomic E-state index is 12.2. The van der Waals surface area contributed by atoms with E-state index in [0.29, 0.717) is 13.0 Å². The van der Waals surface area contributed by atoms with Gasteiger partial charge in [-0.3, -0.25) is 14.9 Å². The molecule has 0 aliphatic carbocycles. The fourth-order valence-corrected chi connectivity index (χ4v) is 3.36. The molecule has 0 atom stereocenters. The Hall–Kier alpha value is -4.20. The molecule has 3 rings (SSSR count). The summed E-state index contributed by atoms with van der Waals surface area (Å²) in [7, 11) is 0. The number of nitrogens with zero attached hydrogens (tertiary/aromatic N) is 1. The Kier molecular flexibility index (Phi) is 7.53. The average molecular weight is 433 g/mol. The van der Waals surface area contributed by atoms with Gasteiger partial charge in [0.1, 0.15) is 0 Å². The summed E-state index contributed by atoms with van der Waals surface area (Å²) in [4.78, 5) is 34.4. The quantitative estimate of drug-likeness (QED) is 0.230. The van der Waals surface area contributed by atoms with Crippen molar-refractivity contribution in [3.63, 3.8) is 0 Å². The molecule has 164 valence electrons. The zero-order valence-electron chi connectivity index (χ0n) is 17.3. The van der Waals surface area contributed by atoms with E-state index in [1.54, 1.807) is 0 Å². The summed E-state index contributed by atoms with van der Waals surface area (Å²) in [5, 5.41) is 13.5. The Morgan fingerprint density at radius 1 is 0.969 bits per heavy atom. The van der Waals surface area contributed by atoms with Gasteiger partial charge < -0.3 is 15.8 Å². The van der Waals surface area contributed by atoms with Crippen LogP contribution in [0.4, 0.5) is 11.4 Å². The predicted octanol–water partition coefficient (Wildman–Crippen LogP) is 3.67. The highest BCUT2D eigenvalue weighted by molar-refractivity contribution is 5.96. The minimum Gasteiger partial charge on any atom is -0.452 e. The maximum Gasteiger partial charge on any atom is 0.340 e. The second-order valence-corrected chi connectivity index (χ2v) is 7.12. The molecule has 3 aromatic rings. The topological polar surface area (TPSA) is 125 Å². The first kappa shape index (κ1) is 22.5. The van der Waals surface area contributed by atoms with Crippen molar-refractivity contribution in [2.45, 2.75) is 12.3 Å². The first-order valence-electron chi connectivity index (χ1n) is 10.0. The number of rotatable bonds is 9. The molecule has 0 aliphatic rings. The molecule has 0 heterocycles. The Bertz CT molecular complexity index is 1050. The highest BCUT2D eigenvalue weighted by Crippen LogP contribution is 2.27. The number of esters is 1. The molecule has 0 saturated heterocycles. The summed E-state index contributed by atoms with van der Waals surface area (Å²) in [6, 6.07) is 23.5. The van der Waals surface area contributed by atoms with E-state index in [2.05, 4.69) is 29.6 Å². The number of carbonyl (C=O) groups is 2. The molecule has 8 nitrogen and oxygen atoms in total. The van der Waals surface area contributed by atoms with E-state index >= 15 is 0 Å². The molecule has 0 aromatic heterocycles. The number of carbonyl (C=O) groups excluding carboxylic acids is 2. The van der Waals surface area contributed by atoms with Gasteiger partial charge in [0.2, 0.25) is 0 Å². The van der Waals surface area contributed by atoms with Gasteiger partial charge in [-0.05, 0) is 23.6 Å². The van der Waals surface area contributed by atoms with Crippen molar-refractivity contribution in [2.24, 2.45) is 0 Å². The summed E-state index contributed by atoms with van der Waals surface area (Å²) in [5.41, 5.74) is 7.63. The van der Waals surface area contributed by atoms with Gasteiger partial charge in [-0.1, -0.05) is 60.7 Å². The van der Waals surface area contributed by atoms with Crippen molar-refractivity contribution < 1.29 is 19.2 Å². The van der Waals surface area contributed by atoms with Crippen molar-refractivity contribution in [1.29, 1.82) is 0 Å². The van der Waals surface area contributed by atoms with Gasteiger partial charge in [0.05, 0.1) is 16.2 Å². The zero-order chi connectivity index (χ0) is 22.9. The van der Waals surface area contributed by atoms with Gasteiger partial charge in [0.25, 0.3) is 11.6 Å². The minimum absolute atomic E-state index is 0.0309. The Morgan fingerprint density at radius 3 is 2.09 bits per heavy atom. The number of nitrogen functional groups attached to an aromatic ring is 1. The van der Waals surface area contributed by atoms with Crippen LogP contribution in [0.1, 0.15) is 33.8 Å². The highest BCUT2D eigenvalue weighted by Gasteiger charge is 2.17. The molecule has 0 unspecified atom stereocenters. The summed E-state index contributed by atoms with van der Waals surface area (Å²) < 4.78 is 5.00. The molecule has 8 heteroatoms. The molecule has 0 radical (unpaired) electrons. The van der Waals surface area contributed by atoms with Crippen LogP contribution in [0.15, 0.2) is 78.9 Å². The van der Waals surface area contributed by atoms with Crippen molar-refractivity contribution in [2.75, 3.05) is 18.9 Å². The summed E-state index contributed by atoms with van der Waals surface area (Å²) in [5.74, 6) is -1.15. The highest BCUT2D eigenvalue weighted by atomic mass is 16.6. The largest absolute Gasteiger partial charge is 0.452 e. The van der Waals surface area contributed by atoms with Crippen LogP contribution in [0.25, 0.3) is 0 Å². The van der Waals surface area contributed by atoms with E-state index in [-0.39, 0.29) is 22.9 Å². The monoisotopic (exact) mass is 433 g/mol. The Labute approximate surface area is 185 Å². The SMILES string of the molecule is Nc1cc([N+](=O)[O-])ccc1C(=O)OCC(=O)NCCC(c1ccccc1)c1ccccc1. The van der Waals surface area contributed by atoms with Gasteiger partial charge in [-0.2, -0.15) is 0 Å². The molecule has 0 bridgehead atoms. The molecule has 0 saturated carbocycles. The van der Waals surface area contributed by atoms with Crippen LogP contribution in [0.3, 0.4) is 0 Å². The number of hydrogen-bond donors (Lipinski definition) is 2. The average Bonchev–Trinajstić information content (AvgIpc) is 2.81. The molecule has 3 aromatic carbocycles. The van der Waals surface area contributed by atoms with Crippen molar-refractivity contribution >= 4 is 23.3 Å². The van der Waals surface area contributed by atoms with Gasteiger partial charge >= 0.3 is 5.97 Å². The third-order valence-corrected chi connectivity index (χ3v) is 4.96. The third kappa shape index (κ3) is 5.91. The maximum atomic E-state index is 12.2. The number of nitro groups is 1. The molecule has 1 amide bonds. The smallest absolute Gasteiger partial charge is 0.340 e. The molecule has 0 spiro atoms. The number of non-ortho nitro benzene ring substituents is 1. The molecule has 0 aliphatic heterocycles. The summed E-state index contributed by atoms with van der Waals surface area (Å²) >= 11 is 0. The van der Waals surface area contributed by atoms with Gasteiger partial charge in [0.15, 0.2) is 6.61 Å². The van der Waals surface area contributed by atoms with Crippen LogP contribution in [-0.4, -0.2) is 30.0 Å². The van der Waals surface area contributed by atoms with E-state index in [9.17, 15) is 19.7 Å². The van der Waals surface area contributed by atoms with Gasteiger partial charge in [0, 0.05) is 24.6 Å². The Morgan fingerprint density at radius 2 is 1.56 bits per heavy atom. The van der Waals surface area contributed by atoms with E-state index in [1.165, 1.54) is 6.07 Å². The van der Waals surface area contributed by atoms with Gasteiger partial charge in [-0.15, -0.1) is 0 Å². The van der Waals surface area contributed by atoms with Crippen LogP contribution >= 0.6 is 0 Å². The number of ether oxygens (including phenoxy) is 1. The normalized spacial score (nSPS) is 10.5. The summed E-state index contributed by atoms with van der Waals surface area (Å²) in [6.45, 7) is -0.0822. The lowest BCUT2D eigenvalue weighted by atomic mass is 9.88. The predicted molar refractivity (Wildman–Crippen MR) is 120 cm³/mol. The van der Waals surface area contributed by atoms with E-state index in [0.717, 1.165) is 23.3 Å². The van der Waals surface area contributed by atoms with Crippen LogP contribution < -0.4 is 11.1 Å². The minimum atomic E-state index is -0.820. The summed E-state index contributed by atoms with van der Waals surface area (Å²) in [6.07, 6.45) is 0.670. The van der Waals surface area contributed by atoms with Crippen LogP contribution in [-0.2, 0) is 9.53 Å². The number of benzene rings is 3. The molecule has 32 heavy (non-hydrogen) atoms. The van der Waals surface area contributed by atoms with Crippen molar-refractivity contribution in [1.82, 2.24) is 5.32 Å². The number of nitrogens with two attached hydrogens (primary N) is 1. The van der Waals surface area contributed by atoms with Crippen molar-refractivity contribution in [3.05, 3.63) is 106 Å². The first-order valence-corrected chi connectivity index (χ1v) is 10.0. The number of anilines is 1. The van der Waals surface area contributed by atoms with E-state index in [1.807, 2.05) is 36.4 Å². The lowest BCUT2D eigenvalue weighted by molar-refractivity contribution is -0.384. The van der Waals surface area contributed by atoms with Crippen LogP contribution in [0.5, 0.6) is 0 Å². The number of amides is 1. The standard InChI is InChI=1S/C24H23N3O5/c25-22-15-19(27(30)31)11-12-21(22)24(29)32-16-23(28)26-14-13-20(17-7-3-1-4-8-17)18-9-5-2-6-10-18/h1-12,15,20H,13-14,16,25H2,(H,26,28). The van der Waals surface area contributed by atoms with Crippen LogP contribution in [0, 0.1) is 10.1 Å². The zero-order valence-corrected chi connectivity index (χ0v) is 17.3. The fourth-order valence-electron chi connectivity index (χ4n) is 3.36. The van der Waals surface area contributed by atoms with E-state index in [4.69, 9.17) is 10.5 Å². The molecular formula is C24H23N3O5. The van der Waals surface area contributed by atoms with E-state index < -0.39 is 23.4 Å². The second kappa shape index (κ2) is 10.7. The fraction of sp³-hybridized carbons (Fsp3) is 0.167. The second-order valence-electron chi connectivity index (χ2n) is 7.12. The lowest BCUT2D eigenvalue weighted by Gasteiger charge is -2.18. The number of hydrogen-bond acceptors (Lipinski definition) is 6. The van der Waals surface area contributed by atoms with Crippen LogP contribution in [0.2, 0.25) is 0 Å². The van der Waals surface area contributed by atoms with Crippen molar-refractivity contribution in [3.8, 4) is 0 Å². The van der Waals surface area contributed by atoms with Gasteiger partial charge in [-0.25, -0.2) is 4.79 Å². The first-order chi connectivity index (χ1) is 15.5. The molecule has 0 fully saturated rings. The third-order valence-electron chi connectivity index (χ3n) is 4.96. The number of nitro benzene ring substituents is 1. The lowest BCUT2D eigenvalue weighted by Crippen LogP contribution is -2.30. The Balaban J connectivity index is 1.53. The molecule has 3 N–H and O–H groups in total. The molecular weight excluding hydrogens is 410 g/mol.